The molecule has 0 aromatic rings. The summed E-state index contributed by atoms with van der Waals surface area (Å²) in [4.78, 5) is 17.9. The lowest BCUT2D eigenvalue weighted by Gasteiger charge is -2.33. The first-order valence-corrected chi connectivity index (χ1v) is 8.61. The van der Waals surface area contributed by atoms with Crippen LogP contribution in [0.5, 0.6) is 0 Å². The number of hydrogen-bond acceptors (Lipinski definition) is 4. The molecule has 0 aromatic carbocycles. The smallest absolute Gasteiger partial charge is 0.216 e. The summed E-state index contributed by atoms with van der Waals surface area (Å²) in [6.45, 7) is 14.5. The molecule has 3 N–H and O–H groups in total. The molecule has 0 spiro atoms. The Bertz CT molecular complexity index is 379. The van der Waals surface area contributed by atoms with E-state index in [4.69, 9.17) is 4.74 Å². The van der Waals surface area contributed by atoms with Crippen molar-refractivity contribution < 1.29 is 9.53 Å². The van der Waals surface area contributed by atoms with Crippen molar-refractivity contribution in [2.45, 2.75) is 33.8 Å². The Hall–Kier alpha value is -0.610. The summed E-state index contributed by atoms with van der Waals surface area (Å²) in [7, 11) is 0. The number of carbonyl (C=O) groups excluding carboxylic acids is 1. The highest BCUT2D eigenvalue weighted by molar-refractivity contribution is 14.0. The molecule has 8 heteroatoms. The van der Waals surface area contributed by atoms with Crippen molar-refractivity contribution in [3.05, 3.63) is 0 Å². The monoisotopic (exact) mass is 455 g/mol. The molecule has 1 amide bonds. The van der Waals surface area contributed by atoms with Crippen LogP contribution in [-0.4, -0.2) is 75.3 Å². The van der Waals surface area contributed by atoms with Crippen molar-refractivity contribution in [3.63, 3.8) is 0 Å². The largest absolute Gasteiger partial charge is 0.374 e. The van der Waals surface area contributed by atoms with Gasteiger partial charge in [-0.1, -0.05) is 13.8 Å². The minimum Gasteiger partial charge on any atom is -0.374 e. The predicted molar refractivity (Wildman–Crippen MR) is 109 cm³/mol. The summed E-state index contributed by atoms with van der Waals surface area (Å²) in [5.41, 5.74) is 0. The van der Waals surface area contributed by atoms with Crippen molar-refractivity contribution in [2.75, 3.05) is 52.4 Å². The molecular formula is C16H34IN5O2. The molecule has 1 unspecified atom stereocenters. The fraction of sp³-hybridized carbons (Fsp3) is 0.875. The van der Waals surface area contributed by atoms with E-state index in [1.165, 1.54) is 6.92 Å². The van der Waals surface area contributed by atoms with Crippen LogP contribution in [0.2, 0.25) is 0 Å². The van der Waals surface area contributed by atoms with Gasteiger partial charge in [0.25, 0.3) is 0 Å². The van der Waals surface area contributed by atoms with E-state index >= 15 is 0 Å². The van der Waals surface area contributed by atoms with Gasteiger partial charge in [-0.3, -0.25) is 14.7 Å². The van der Waals surface area contributed by atoms with Crippen molar-refractivity contribution in [2.24, 2.45) is 10.9 Å². The number of rotatable bonds is 8. The highest BCUT2D eigenvalue weighted by Gasteiger charge is 2.20. The Balaban J connectivity index is 0.00000529. The van der Waals surface area contributed by atoms with Crippen LogP contribution in [0.15, 0.2) is 4.99 Å². The number of morpholine rings is 1. The first-order chi connectivity index (χ1) is 11.0. The molecule has 0 aliphatic carbocycles. The van der Waals surface area contributed by atoms with Gasteiger partial charge in [-0.15, -0.1) is 24.0 Å². The third-order valence-corrected chi connectivity index (χ3v) is 3.43. The lowest BCUT2D eigenvalue weighted by atomic mass is 10.2. The molecule has 1 fully saturated rings. The van der Waals surface area contributed by atoms with Crippen molar-refractivity contribution in [1.82, 2.24) is 20.9 Å². The second-order valence-electron chi connectivity index (χ2n) is 6.28. The van der Waals surface area contributed by atoms with Gasteiger partial charge in [0.15, 0.2) is 5.96 Å². The first-order valence-electron chi connectivity index (χ1n) is 8.61. The predicted octanol–water partition coefficient (Wildman–Crippen LogP) is 0.652. The van der Waals surface area contributed by atoms with Gasteiger partial charge in [0, 0.05) is 46.2 Å². The Morgan fingerprint density at radius 3 is 2.62 bits per heavy atom. The van der Waals surface area contributed by atoms with Crippen LogP contribution >= 0.6 is 24.0 Å². The topological polar surface area (TPSA) is 78.0 Å². The highest BCUT2D eigenvalue weighted by Crippen LogP contribution is 2.08. The lowest BCUT2D eigenvalue weighted by Crippen LogP contribution is -2.46. The third-order valence-electron chi connectivity index (χ3n) is 3.43. The van der Waals surface area contributed by atoms with Gasteiger partial charge in [-0.05, 0) is 12.8 Å². The van der Waals surface area contributed by atoms with Crippen molar-refractivity contribution in [3.8, 4) is 0 Å². The zero-order valence-corrected chi connectivity index (χ0v) is 17.8. The quantitative estimate of drug-likeness (QED) is 0.217. The minimum absolute atomic E-state index is 0. The maximum absolute atomic E-state index is 10.8. The Morgan fingerprint density at radius 2 is 2.00 bits per heavy atom. The van der Waals surface area contributed by atoms with Gasteiger partial charge in [0.1, 0.15) is 0 Å². The average Bonchev–Trinajstić information content (AvgIpc) is 2.48. The molecule has 0 aromatic heterocycles. The number of hydrogen-bond donors (Lipinski definition) is 3. The summed E-state index contributed by atoms with van der Waals surface area (Å²) in [5.74, 6) is 1.42. The van der Waals surface area contributed by atoms with Crippen LogP contribution in [0.4, 0.5) is 0 Å². The summed E-state index contributed by atoms with van der Waals surface area (Å²) in [6.07, 6.45) is 0.147. The van der Waals surface area contributed by atoms with Gasteiger partial charge < -0.3 is 20.7 Å². The highest BCUT2D eigenvalue weighted by atomic mass is 127. The molecule has 142 valence electrons. The normalized spacial score (nSPS) is 18.9. The van der Waals surface area contributed by atoms with E-state index in [1.54, 1.807) is 0 Å². The molecule has 1 aliphatic rings. The molecule has 0 bridgehead atoms. The van der Waals surface area contributed by atoms with Crippen LogP contribution in [-0.2, 0) is 9.53 Å². The van der Waals surface area contributed by atoms with Crippen molar-refractivity contribution in [1.29, 1.82) is 0 Å². The minimum atomic E-state index is -0.0189. The summed E-state index contributed by atoms with van der Waals surface area (Å²) in [6, 6.07) is 0. The van der Waals surface area contributed by atoms with E-state index < -0.39 is 0 Å². The van der Waals surface area contributed by atoms with Crippen molar-refractivity contribution >= 4 is 35.8 Å². The number of aliphatic imine (C=N–C) groups is 1. The second-order valence-corrected chi connectivity index (χ2v) is 6.28. The first kappa shape index (κ1) is 23.4. The Morgan fingerprint density at radius 1 is 1.29 bits per heavy atom. The zero-order chi connectivity index (χ0) is 17.1. The number of halogens is 1. The lowest BCUT2D eigenvalue weighted by molar-refractivity contribution is -0.118. The molecule has 7 nitrogen and oxygen atoms in total. The van der Waals surface area contributed by atoms with E-state index in [2.05, 4.69) is 39.7 Å². The third kappa shape index (κ3) is 11.0. The fourth-order valence-corrected chi connectivity index (χ4v) is 2.53. The molecule has 1 rings (SSSR count). The van der Waals surface area contributed by atoms with Crippen LogP contribution in [0.1, 0.15) is 27.7 Å². The number of carbonyl (C=O) groups is 1. The maximum Gasteiger partial charge on any atom is 0.216 e. The molecule has 0 radical (unpaired) electrons. The fourth-order valence-electron chi connectivity index (χ4n) is 2.53. The molecule has 0 saturated carbocycles. The van der Waals surface area contributed by atoms with E-state index in [1.807, 2.05) is 6.92 Å². The average molecular weight is 455 g/mol. The van der Waals surface area contributed by atoms with Gasteiger partial charge >= 0.3 is 0 Å². The summed E-state index contributed by atoms with van der Waals surface area (Å²) >= 11 is 0. The summed E-state index contributed by atoms with van der Waals surface area (Å²) in [5, 5.41) is 9.18. The molecule has 1 saturated heterocycles. The van der Waals surface area contributed by atoms with Crippen LogP contribution in [0.25, 0.3) is 0 Å². The Kier molecular flexibility index (Phi) is 13.3. The van der Waals surface area contributed by atoms with Gasteiger partial charge in [0.05, 0.1) is 19.3 Å². The number of guanidine groups is 1. The molecular weight excluding hydrogens is 421 g/mol. The number of amides is 1. The van der Waals surface area contributed by atoms with E-state index in [9.17, 15) is 4.79 Å². The SMILES string of the molecule is CCNC(=NCC1CN(CC(C)C)CCO1)NCCNC(C)=O.I. The van der Waals surface area contributed by atoms with Crippen LogP contribution in [0, 0.1) is 5.92 Å². The van der Waals surface area contributed by atoms with Gasteiger partial charge in [-0.25, -0.2) is 0 Å². The van der Waals surface area contributed by atoms with E-state index in [0.717, 1.165) is 38.7 Å². The molecule has 1 atom stereocenters. The summed E-state index contributed by atoms with van der Waals surface area (Å²) < 4.78 is 5.81. The molecule has 24 heavy (non-hydrogen) atoms. The van der Waals surface area contributed by atoms with E-state index in [-0.39, 0.29) is 36.0 Å². The Labute approximate surface area is 163 Å². The second kappa shape index (κ2) is 13.7. The molecule has 1 heterocycles. The molecule has 1 aliphatic heterocycles. The maximum atomic E-state index is 10.8. The van der Waals surface area contributed by atoms with Crippen LogP contribution in [0.3, 0.4) is 0 Å². The number of nitrogens with zero attached hydrogens (tertiary/aromatic N) is 2. The zero-order valence-electron chi connectivity index (χ0n) is 15.4. The number of nitrogens with one attached hydrogen (secondary N) is 3. The van der Waals surface area contributed by atoms with Crippen LogP contribution < -0.4 is 16.0 Å². The van der Waals surface area contributed by atoms with Gasteiger partial charge in [-0.2, -0.15) is 0 Å². The van der Waals surface area contributed by atoms with Gasteiger partial charge in [0.2, 0.25) is 5.91 Å². The van der Waals surface area contributed by atoms with E-state index in [0.29, 0.717) is 25.6 Å². The number of ether oxygens (including phenoxy) is 1. The standard InChI is InChI=1S/C16H33N5O2.HI/c1-5-17-16(19-7-6-18-14(4)22)20-10-15-12-21(8-9-23-15)11-13(2)3;/h13,15H,5-12H2,1-4H3,(H,18,22)(H2,17,19,20);1H.